The van der Waals surface area contributed by atoms with Crippen LogP contribution in [0.5, 0.6) is 0 Å². The number of nitrogens with two attached hydrogens (primary N) is 2. The summed E-state index contributed by atoms with van der Waals surface area (Å²) in [5.41, 5.74) is 13.1. The number of esters is 1. The van der Waals surface area contributed by atoms with Gasteiger partial charge in [0.2, 0.25) is 0 Å². The van der Waals surface area contributed by atoms with Crippen LogP contribution in [0.25, 0.3) is 0 Å². The van der Waals surface area contributed by atoms with E-state index in [4.69, 9.17) is 20.9 Å². The van der Waals surface area contributed by atoms with Gasteiger partial charge < -0.3 is 20.9 Å². The first-order chi connectivity index (χ1) is 15.9. The third-order valence-corrected chi connectivity index (χ3v) is 7.61. The highest BCUT2D eigenvalue weighted by molar-refractivity contribution is 6.32. The van der Waals surface area contributed by atoms with Crippen molar-refractivity contribution in [1.29, 1.82) is 0 Å². The number of carbonyl (C=O) groups is 3. The number of anilines is 2. The van der Waals surface area contributed by atoms with Gasteiger partial charge in [-0.25, -0.2) is 4.79 Å². The van der Waals surface area contributed by atoms with Gasteiger partial charge in [0.05, 0.1) is 28.5 Å². The highest BCUT2D eigenvalue weighted by atomic mass is 16.5. The third-order valence-electron chi connectivity index (χ3n) is 7.61. The Morgan fingerprint density at radius 2 is 1.45 bits per heavy atom. The molecule has 0 bridgehead atoms. The van der Waals surface area contributed by atoms with Crippen molar-refractivity contribution < 1.29 is 23.9 Å². The van der Waals surface area contributed by atoms with Crippen LogP contribution in [0, 0.1) is 11.8 Å². The largest absolute Gasteiger partial charge is 0.459 e. The topological polar surface area (TPSA) is 122 Å². The molecule has 0 radical (unpaired) electrons. The van der Waals surface area contributed by atoms with Crippen LogP contribution in [-0.2, 0) is 9.47 Å². The van der Waals surface area contributed by atoms with Crippen LogP contribution in [0.15, 0.2) is 30.3 Å². The predicted molar refractivity (Wildman–Crippen MR) is 123 cm³/mol. The molecule has 2 unspecified atom stereocenters. The molecule has 0 spiro atoms. The van der Waals surface area contributed by atoms with Crippen LogP contribution >= 0.6 is 0 Å². The van der Waals surface area contributed by atoms with Gasteiger partial charge in [0, 0.05) is 23.9 Å². The van der Waals surface area contributed by atoms with Gasteiger partial charge in [-0.15, -0.1) is 0 Å². The first kappa shape index (κ1) is 21.6. The second-order valence-corrected chi connectivity index (χ2v) is 9.41. The molecule has 0 aromatic heterocycles. The van der Waals surface area contributed by atoms with Crippen molar-refractivity contribution in [2.45, 2.75) is 50.7 Å². The molecule has 7 heteroatoms. The second kappa shape index (κ2) is 8.30. The molecule has 0 saturated heterocycles. The maximum atomic E-state index is 13.2. The summed E-state index contributed by atoms with van der Waals surface area (Å²) >= 11 is 0. The van der Waals surface area contributed by atoms with Crippen molar-refractivity contribution in [3.8, 4) is 0 Å². The fraction of sp³-hybridized carbons (Fsp3) is 0.423. The van der Waals surface area contributed by atoms with Crippen molar-refractivity contribution in [3.05, 3.63) is 58.1 Å². The number of hydrogen-bond acceptors (Lipinski definition) is 7. The van der Waals surface area contributed by atoms with E-state index in [2.05, 4.69) is 0 Å². The number of fused-ring (bicyclic) bond motifs is 3. The average molecular weight is 449 g/mol. The Morgan fingerprint density at radius 3 is 2.09 bits per heavy atom. The van der Waals surface area contributed by atoms with E-state index in [1.165, 1.54) is 6.07 Å². The van der Waals surface area contributed by atoms with Gasteiger partial charge in [0.25, 0.3) is 0 Å². The lowest BCUT2D eigenvalue weighted by Crippen LogP contribution is -2.37. The lowest BCUT2D eigenvalue weighted by Gasteiger charge is -2.41. The maximum Gasteiger partial charge on any atom is 0.340 e. The molecule has 33 heavy (non-hydrogen) atoms. The van der Waals surface area contributed by atoms with E-state index in [0.717, 1.165) is 38.5 Å². The molecule has 5 rings (SSSR count). The quantitative estimate of drug-likeness (QED) is 0.462. The van der Waals surface area contributed by atoms with Crippen LogP contribution in [0.3, 0.4) is 0 Å². The van der Waals surface area contributed by atoms with Crippen molar-refractivity contribution in [2.75, 3.05) is 18.6 Å². The Labute approximate surface area is 192 Å². The number of rotatable bonds is 3. The zero-order valence-electron chi connectivity index (χ0n) is 18.6. The van der Waals surface area contributed by atoms with Gasteiger partial charge >= 0.3 is 5.97 Å². The molecule has 4 atom stereocenters. The van der Waals surface area contributed by atoms with Crippen LogP contribution in [0.4, 0.5) is 11.4 Å². The van der Waals surface area contributed by atoms with E-state index < -0.39 is 11.8 Å². The van der Waals surface area contributed by atoms with Crippen molar-refractivity contribution in [1.82, 2.24) is 0 Å². The molecule has 0 amide bonds. The first-order valence-electron chi connectivity index (χ1n) is 11.5. The molecule has 4 N–H and O–H groups in total. The van der Waals surface area contributed by atoms with Gasteiger partial charge in [-0.1, -0.05) is 24.3 Å². The number of nitrogen functional groups attached to an aromatic ring is 2. The van der Waals surface area contributed by atoms with E-state index in [0.29, 0.717) is 17.9 Å². The number of hydrogen-bond donors (Lipinski definition) is 2. The molecule has 0 heterocycles. The normalized spacial score (nSPS) is 26.2. The Kier molecular flexibility index (Phi) is 5.44. The highest BCUT2D eigenvalue weighted by Gasteiger charge is 2.38. The van der Waals surface area contributed by atoms with Gasteiger partial charge in [0.1, 0.15) is 6.10 Å². The zero-order valence-corrected chi connectivity index (χ0v) is 18.6. The Morgan fingerprint density at radius 1 is 0.879 bits per heavy atom. The molecule has 3 aliphatic carbocycles. The van der Waals surface area contributed by atoms with Crippen LogP contribution in [-0.4, -0.2) is 36.9 Å². The number of carbonyl (C=O) groups excluding carboxylic acids is 3. The van der Waals surface area contributed by atoms with Crippen LogP contribution in [0.1, 0.15) is 80.7 Å². The summed E-state index contributed by atoms with van der Waals surface area (Å²) in [6.45, 7) is 0. The van der Waals surface area contributed by atoms with E-state index >= 15 is 0 Å². The molecule has 7 nitrogen and oxygen atoms in total. The summed E-state index contributed by atoms with van der Waals surface area (Å²) in [6, 6.07) is 7.91. The number of benzene rings is 2. The van der Waals surface area contributed by atoms with Crippen molar-refractivity contribution in [2.24, 2.45) is 11.8 Å². The van der Waals surface area contributed by atoms with Gasteiger partial charge in [-0.2, -0.15) is 0 Å². The average Bonchev–Trinajstić information content (AvgIpc) is 2.83. The Hall–Kier alpha value is -3.19. The summed E-state index contributed by atoms with van der Waals surface area (Å²) in [4.78, 5) is 39.2. The number of ether oxygens (including phenoxy) is 2. The monoisotopic (exact) mass is 448 g/mol. The van der Waals surface area contributed by atoms with Crippen LogP contribution < -0.4 is 11.5 Å². The summed E-state index contributed by atoms with van der Waals surface area (Å²) in [5, 5.41) is 0. The van der Waals surface area contributed by atoms with Gasteiger partial charge in [-0.3, -0.25) is 9.59 Å². The highest BCUT2D eigenvalue weighted by Crippen LogP contribution is 2.43. The molecule has 2 aromatic rings. The smallest absolute Gasteiger partial charge is 0.340 e. The minimum Gasteiger partial charge on any atom is -0.459 e. The van der Waals surface area contributed by atoms with Crippen molar-refractivity contribution in [3.63, 3.8) is 0 Å². The van der Waals surface area contributed by atoms with E-state index in [9.17, 15) is 14.4 Å². The maximum absolute atomic E-state index is 13.2. The number of methoxy groups -OCH3 is 1. The van der Waals surface area contributed by atoms with Gasteiger partial charge in [0.15, 0.2) is 11.6 Å². The standard InChI is InChI=1S/C26H28N2O5/c1-32-15-8-6-14-11-16(9-7-13(14)10-15)33-26(31)19-12-20(27)21-22(23(19)28)25(30)18-5-3-2-4-17(18)24(21)29/h2-5,12-16H,6-11,27-28H2,1H3/t13-,14?,15?,16-/m1/s1. The fourth-order valence-electron chi connectivity index (χ4n) is 5.86. The molecule has 2 saturated carbocycles. The summed E-state index contributed by atoms with van der Waals surface area (Å²) in [5.74, 6) is -0.254. The van der Waals surface area contributed by atoms with Crippen molar-refractivity contribution >= 4 is 28.9 Å². The number of ketones is 2. The fourth-order valence-corrected chi connectivity index (χ4v) is 5.86. The minimum absolute atomic E-state index is 0.00718. The van der Waals surface area contributed by atoms with Crippen LogP contribution in [0.2, 0.25) is 0 Å². The molecule has 2 aromatic carbocycles. The lowest BCUT2D eigenvalue weighted by molar-refractivity contribution is -0.0274. The molecular weight excluding hydrogens is 420 g/mol. The van der Waals surface area contributed by atoms with E-state index in [-0.39, 0.29) is 51.1 Å². The second-order valence-electron chi connectivity index (χ2n) is 9.41. The van der Waals surface area contributed by atoms with E-state index in [1.54, 1.807) is 31.4 Å². The zero-order chi connectivity index (χ0) is 23.3. The molecule has 172 valence electrons. The van der Waals surface area contributed by atoms with Gasteiger partial charge in [-0.05, 0) is 56.4 Å². The predicted octanol–water partition coefficient (Wildman–Crippen LogP) is 3.77. The molecule has 0 aliphatic heterocycles. The Balaban J connectivity index is 1.39. The SMILES string of the molecule is COC1CCC2C[C@H](OC(=O)c3cc(N)c4c(c3N)C(=O)c3ccccc3C4=O)CC[C@@H]2C1. The summed E-state index contributed by atoms with van der Waals surface area (Å²) < 4.78 is 11.4. The summed E-state index contributed by atoms with van der Waals surface area (Å²) in [7, 11) is 1.77. The van der Waals surface area contributed by atoms with E-state index in [1.807, 2.05) is 0 Å². The summed E-state index contributed by atoms with van der Waals surface area (Å²) in [6.07, 6.45) is 5.89. The molecule has 3 aliphatic rings. The lowest BCUT2D eigenvalue weighted by atomic mass is 9.69. The first-order valence-corrected chi connectivity index (χ1v) is 11.5. The minimum atomic E-state index is -0.602. The molecule has 2 fully saturated rings. The third kappa shape index (κ3) is 3.60. The Bertz CT molecular complexity index is 1160. The molecular formula is C26H28N2O5.